The van der Waals surface area contributed by atoms with E-state index in [-0.39, 0.29) is 12.3 Å². The molecule has 3 rings (SSSR count). The average Bonchev–Trinajstić information content (AvgIpc) is 3.18. The van der Waals surface area contributed by atoms with E-state index in [4.69, 9.17) is 4.74 Å². The van der Waals surface area contributed by atoms with Crippen molar-refractivity contribution in [3.05, 3.63) is 81.2 Å². The Labute approximate surface area is 157 Å². The molecule has 1 amide bonds. The first-order valence-electron chi connectivity index (χ1n) is 7.86. The lowest BCUT2D eigenvalue weighted by molar-refractivity contribution is -0.139. The zero-order chi connectivity index (χ0) is 19.2. The fourth-order valence-corrected chi connectivity index (χ4v) is 3.20. The van der Waals surface area contributed by atoms with Crippen molar-refractivity contribution in [2.45, 2.75) is 12.6 Å². The van der Waals surface area contributed by atoms with Gasteiger partial charge < -0.3 is 9.84 Å². The highest BCUT2D eigenvalue weighted by molar-refractivity contribution is 7.10. The molecule has 0 radical (unpaired) electrons. The molecule has 0 aliphatic rings. The predicted octanol–water partition coefficient (Wildman–Crippen LogP) is 2.73. The van der Waals surface area contributed by atoms with E-state index in [9.17, 15) is 19.5 Å². The second-order valence-corrected chi connectivity index (χ2v) is 6.44. The normalized spacial score (nSPS) is 11.6. The molecule has 0 saturated carbocycles. The molecule has 1 aromatic carbocycles. The summed E-state index contributed by atoms with van der Waals surface area (Å²) in [6, 6.07) is 11.1. The van der Waals surface area contributed by atoms with Crippen molar-refractivity contribution in [2.75, 3.05) is 5.32 Å². The standard InChI is InChI=1S/C18H15N3O5S/c22-16-13(20-18(25)26-10-12-5-2-1-3-6-12)9-19-11-21(16)15(17(23)24)14-7-4-8-27-14/h1-9,11,15H,10H2,(H,20,25)(H,23,24). The summed E-state index contributed by atoms with van der Waals surface area (Å²) >= 11 is 1.21. The zero-order valence-electron chi connectivity index (χ0n) is 13.9. The van der Waals surface area contributed by atoms with E-state index < -0.39 is 23.7 Å². The number of rotatable bonds is 6. The van der Waals surface area contributed by atoms with Crippen molar-refractivity contribution in [2.24, 2.45) is 0 Å². The lowest BCUT2D eigenvalue weighted by Gasteiger charge is -2.15. The van der Waals surface area contributed by atoms with Crippen molar-refractivity contribution in [1.82, 2.24) is 9.55 Å². The predicted molar refractivity (Wildman–Crippen MR) is 98.8 cm³/mol. The van der Waals surface area contributed by atoms with E-state index >= 15 is 0 Å². The van der Waals surface area contributed by atoms with Gasteiger partial charge in [-0.1, -0.05) is 36.4 Å². The lowest BCUT2D eigenvalue weighted by Crippen LogP contribution is -2.32. The van der Waals surface area contributed by atoms with Gasteiger partial charge in [0.2, 0.25) is 0 Å². The van der Waals surface area contributed by atoms with E-state index in [0.29, 0.717) is 4.88 Å². The van der Waals surface area contributed by atoms with E-state index in [1.165, 1.54) is 11.3 Å². The van der Waals surface area contributed by atoms with Gasteiger partial charge in [0.05, 0.1) is 12.5 Å². The fraction of sp³-hybridized carbons (Fsp3) is 0.111. The first-order chi connectivity index (χ1) is 13.1. The fourth-order valence-electron chi connectivity index (χ4n) is 2.39. The molecule has 3 aromatic rings. The van der Waals surface area contributed by atoms with Crippen molar-refractivity contribution in [3.63, 3.8) is 0 Å². The molecule has 1 unspecified atom stereocenters. The van der Waals surface area contributed by atoms with Crippen LogP contribution in [0.15, 0.2) is 65.2 Å². The van der Waals surface area contributed by atoms with Crippen LogP contribution in [0.4, 0.5) is 10.5 Å². The quantitative estimate of drug-likeness (QED) is 0.675. The third-order valence-corrected chi connectivity index (χ3v) is 4.56. The number of carbonyl (C=O) groups is 2. The van der Waals surface area contributed by atoms with E-state index in [1.54, 1.807) is 29.6 Å². The molecule has 0 aliphatic heterocycles. The first kappa shape index (κ1) is 18.3. The van der Waals surface area contributed by atoms with E-state index in [1.807, 2.05) is 18.2 Å². The summed E-state index contributed by atoms with van der Waals surface area (Å²) in [5.41, 5.74) is -0.0688. The molecule has 138 valence electrons. The Bertz CT molecular complexity index is 986. The van der Waals surface area contributed by atoms with Crippen molar-refractivity contribution in [1.29, 1.82) is 0 Å². The van der Waals surface area contributed by atoms with Gasteiger partial charge in [-0.3, -0.25) is 14.7 Å². The topological polar surface area (TPSA) is 111 Å². The minimum absolute atomic E-state index is 0.0358. The number of hydrogen-bond acceptors (Lipinski definition) is 6. The number of thiophene rings is 1. The Morgan fingerprint density at radius 3 is 2.67 bits per heavy atom. The number of aromatic nitrogens is 2. The summed E-state index contributed by atoms with van der Waals surface area (Å²) in [5, 5.41) is 13.5. The molecular weight excluding hydrogens is 370 g/mol. The highest BCUT2D eigenvalue weighted by Crippen LogP contribution is 2.22. The third-order valence-electron chi connectivity index (χ3n) is 3.63. The number of ether oxygens (including phenoxy) is 1. The van der Waals surface area contributed by atoms with Gasteiger partial charge in [0.15, 0.2) is 6.04 Å². The second kappa shape index (κ2) is 8.28. The van der Waals surface area contributed by atoms with Crippen LogP contribution in [-0.4, -0.2) is 26.7 Å². The van der Waals surface area contributed by atoms with Crippen molar-refractivity contribution < 1.29 is 19.4 Å². The van der Waals surface area contributed by atoms with Crippen LogP contribution in [0.5, 0.6) is 0 Å². The summed E-state index contributed by atoms with van der Waals surface area (Å²) in [6.45, 7) is 0.0358. The van der Waals surface area contributed by atoms with Crippen LogP contribution in [0, 0.1) is 0 Å². The number of nitrogens with one attached hydrogen (secondary N) is 1. The smallest absolute Gasteiger partial charge is 0.412 e. The number of aliphatic carboxylic acids is 1. The van der Waals surface area contributed by atoms with Gasteiger partial charge in [-0.15, -0.1) is 11.3 Å². The number of hydrogen-bond donors (Lipinski definition) is 2. The van der Waals surface area contributed by atoms with Crippen molar-refractivity contribution in [3.8, 4) is 0 Å². The van der Waals surface area contributed by atoms with Crippen LogP contribution < -0.4 is 10.9 Å². The highest BCUT2D eigenvalue weighted by atomic mass is 32.1. The SMILES string of the molecule is O=C(Nc1cncn(C(C(=O)O)c2cccs2)c1=O)OCc1ccccc1. The number of carbonyl (C=O) groups excluding carboxylic acids is 1. The molecular formula is C18H15N3O5S. The van der Waals surface area contributed by atoms with Gasteiger partial charge in [-0.25, -0.2) is 14.6 Å². The van der Waals surface area contributed by atoms with Gasteiger partial charge in [0, 0.05) is 4.88 Å². The van der Waals surface area contributed by atoms with Crippen LogP contribution in [0.25, 0.3) is 0 Å². The first-order valence-corrected chi connectivity index (χ1v) is 8.74. The van der Waals surface area contributed by atoms with E-state index in [2.05, 4.69) is 10.3 Å². The minimum Gasteiger partial charge on any atom is -0.479 e. The minimum atomic E-state index is -1.23. The lowest BCUT2D eigenvalue weighted by atomic mass is 10.2. The second-order valence-electron chi connectivity index (χ2n) is 5.46. The number of carboxylic acid groups (broad SMARTS) is 1. The Balaban J connectivity index is 1.77. The molecule has 0 fully saturated rings. The Hall–Kier alpha value is -3.46. The molecule has 0 aliphatic carbocycles. The maximum absolute atomic E-state index is 12.6. The Morgan fingerprint density at radius 2 is 2.00 bits per heavy atom. The molecule has 2 heterocycles. The molecule has 2 aromatic heterocycles. The number of benzene rings is 1. The van der Waals surface area contributed by atoms with Gasteiger partial charge in [0.25, 0.3) is 5.56 Å². The molecule has 2 N–H and O–H groups in total. The van der Waals surface area contributed by atoms with Gasteiger partial charge in [-0.2, -0.15) is 0 Å². The number of anilines is 1. The molecule has 0 saturated heterocycles. The maximum Gasteiger partial charge on any atom is 0.412 e. The summed E-state index contributed by atoms with van der Waals surface area (Å²) in [6.07, 6.45) is 1.44. The molecule has 0 bridgehead atoms. The highest BCUT2D eigenvalue weighted by Gasteiger charge is 2.25. The zero-order valence-corrected chi connectivity index (χ0v) is 14.8. The van der Waals surface area contributed by atoms with Gasteiger partial charge in [0.1, 0.15) is 12.3 Å². The Morgan fingerprint density at radius 1 is 1.22 bits per heavy atom. The largest absolute Gasteiger partial charge is 0.479 e. The van der Waals surface area contributed by atoms with Crippen LogP contribution in [0.3, 0.4) is 0 Å². The molecule has 9 heteroatoms. The average molecular weight is 385 g/mol. The van der Waals surface area contributed by atoms with Crippen LogP contribution in [-0.2, 0) is 16.1 Å². The maximum atomic E-state index is 12.6. The van der Waals surface area contributed by atoms with Gasteiger partial charge >= 0.3 is 12.1 Å². The van der Waals surface area contributed by atoms with Crippen molar-refractivity contribution >= 4 is 29.1 Å². The number of carboxylic acids is 1. The Kier molecular flexibility index (Phi) is 5.62. The van der Waals surface area contributed by atoms with Crippen LogP contribution >= 0.6 is 11.3 Å². The summed E-state index contributed by atoms with van der Waals surface area (Å²) in [5.74, 6) is -1.20. The molecule has 27 heavy (non-hydrogen) atoms. The number of amides is 1. The monoisotopic (exact) mass is 385 g/mol. The van der Waals surface area contributed by atoms with Crippen LogP contribution in [0.1, 0.15) is 16.5 Å². The molecule has 8 nitrogen and oxygen atoms in total. The third kappa shape index (κ3) is 4.39. The van der Waals surface area contributed by atoms with Crippen LogP contribution in [0.2, 0.25) is 0 Å². The summed E-state index contributed by atoms with van der Waals surface area (Å²) in [4.78, 5) is 40.6. The number of nitrogens with zero attached hydrogens (tertiary/aromatic N) is 2. The molecule has 0 spiro atoms. The van der Waals surface area contributed by atoms with Gasteiger partial charge in [-0.05, 0) is 17.0 Å². The molecule has 1 atom stereocenters. The van der Waals surface area contributed by atoms with E-state index in [0.717, 1.165) is 22.7 Å². The summed E-state index contributed by atoms with van der Waals surface area (Å²) in [7, 11) is 0. The summed E-state index contributed by atoms with van der Waals surface area (Å²) < 4.78 is 6.03.